The maximum Gasteiger partial charge on any atom is 0.490 e. The number of aliphatic carboxylic acids is 1. The number of benzene rings is 1. The van der Waals surface area contributed by atoms with Crippen molar-refractivity contribution in [3.05, 3.63) is 90.8 Å². The minimum atomic E-state index is -5.08. The fourth-order valence-corrected chi connectivity index (χ4v) is 3.76. The molecule has 1 aliphatic rings. The van der Waals surface area contributed by atoms with Crippen LogP contribution < -0.4 is 5.32 Å². The van der Waals surface area contributed by atoms with E-state index in [0.29, 0.717) is 24.0 Å². The SMILES string of the molecule is O=C(NCCc1ccncc1)c1cc(-c2cnc(-c3ccccc3)nc2)cn1CC1CC1.O=C(O)C(F)(F)F. The first-order valence-corrected chi connectivity index (χ1v) is 12.3. The lowest BCUT2D eigenvalue weighted by molar-refractivity contribution is -0.192. The van der Waals surface area contributed by atoms with Crippen LogP contribution in [0.1, 0.15) is 28.9 Å². The first-order chi connectivity index (χ1) is 18.7. The number of aromatic nitrogens is 4. The number of halogens is 3. The van der Waals surface area contributed by atoms with Crippen LogP contribution in [-0.2, 0) is 17.8 Å². The monoisotopic (exact) mass is 537 g/mol. The molecule has 1 fully saturated rings. The van der Waals surface area contributed by atoms with Gasteiger partial charge in [-0.3, -0.25) is 9.78 Å². The predicted molar refractivity (Wildman–Crippen MR) is 138 cm³/mol. The van der Waals surface area contributed by atoms with Gasteiger partial charge in [-0.2, -0.15) is 13.2 Å². The average Bonchev–Trinajstić information content (AvgIpc) is 3.65. The van der Waals surface area contributed by atoms with Crippen LogP contribution in [0.3, 0.4) is 0 Å². The predicted octanol–water partition coefficient (Wildman–Crippen LogP) is 5.02. The van der Waals surface area contributed by atoms with Crippen LogP contribution in [0.4, 0.5) is 13.2 Å². The van der Waals surface area contributed by atoms with Crippen LogP contribution in [0.5, 0.6) is 0 Å². The van der Waals surface area contributed by atoms with Gasteiger partial charge in [-0.15, -0.1) is 0 Å². The molecule has 0 aliphatic heterocycles. The van der Waals surface area contributed by atoms with Gasteiger partial charge in [-0.1, -0.05) is 30.3 Å². The normalized spacial score (nSPS) is 12.8. The molecule has 1 amide bonds. The summed E-state index contributed by atoms with van der Waals surface area (Å²) >= 11 is 0. The quantitative estimate of drug-likeness (QED) is 0.327. The van der Waals surface area contributed by atoms with Crippen LogP contribution in [0.15, 0.2) is 79.5 Å². The van der Waals surface area contributed by atoms with Crippen molar-refractivity contribution in [2.45, 2.75) is 32.0 Å². The molecule has 1 aliphatic carbocycles. The van der Waals surface area contributed by atoms with E-state index in [2.05, 4.69) is 31.0 Å². The van der Waals surface area contributed by atoms with Crippen LogP contribution in [0.2, 0.25) is 0 Å². The van der Waals surface area contributed by atoms with Gasteiger partial charge in [0.1, 0.15) is 5.69 Å². The molecule has 8 nitrogen and oxygen atoms in total. The summed E-state index contributed by atoms with van der Waals surface area (Å²) in [6.07, 6.45) is 7.41. The fraction of sp³-hybridized carbons (Fsp3) is 0.250. The van der Waals surface area contributed by atoms with Crippen molar-refractivity contribution in [3.8, 4) is 22.5 Å². The van der Waals surface area contributed by atoms with Crippen LogP contribution in [0.25, 0.3) is 22.5 Å². The van der Waals surface area contributed by atoms with Gasteiger partial charge in [-0.05, 0) is 48.9 Å². The molecule has 1 aromatic carbocycles. The number of alkyl halides is 3. The van der Waals surface area contributed by atoms with Gasteiger partial charge in [0, 0.05) is 60.8 Å². The number of rotatable bonds is 8. The number of carbonyl (C=O) groups is 2. The van der Waals surface area contributed by atoms with Crippen molar-refractivity contribution in [1.82, 2.24) is 24.8 Å². The number of amides is 1. The number of hydrogen-bond acceptors (Lipinski definition) is 5. The zero-order valence-electron chi connectivity index (χ0n) is 20.8. The Morgan fingerprint density at radius 3 is 2.21 bits per heavy atom. The maximum atomic E-state index is 13.0. The highest BCUT2D eigenvalue weighted by atomic mass is 19.4. The molecule has 39 heavy (non-hydrogen) atoms. The van der Waals surface area contributed by atoms with E-state index in [0.717, 1.165) is 35.2 Å². The molecule has 4 aromatic rings. The van der Waals surface area contributed by atoms with E-state index in [-0.39, 0.29) is 5.91 Å². The highest BCUT2D eigenvalue weighted by Crippen LogP contribution is 2.32. The summed E-state index contributed by atoms with van der Waals surface area (Å²) in [6, 6.07) is 15.8. The highest BCUT2D eigenvalue weighted by molar-refractivity contribution is 5.94. The van der Waals surface area contributed by atoms with Crippen LogP contribution in [0, 0.1) is 5.92 Å². The molecule has 0 atom stereocenters. The third-order valence-corrected chi connectivity index (χ3v) is 5.99. The lowest BCUT2D eigenvalue weighted by atomic mass is 10.1. The zero-order chi connectivity index (χ0) is 27.8. The van der Waals surface area contributed by atoms with E-state index in [1.807, 2.05) is 60.9 Å². The van der Waals surface area contributed by atoms with Crippen molar-refractivity contribution in [2.24, 2.45) is 5.92 Å². The maximum absolute atomic E-state index is 13.0. The van der Waals surface area contributed by atoms with Gasteiger partial charge in [0.05, 0.1) is 0 Å². The topological polar surface area (TPSA) is 110 Å². The Labute approximate surface area is 222 Å². The van der Waals surface area contributed by atoms with Crippen molar-refractivity contribution in [1.29, 1.82) is 0 Å². The number of nitrogens with zero attached hydrogens (tertiary/aromatic N) is 4. The van der Waals surface area contributed by atoms with Gasteiger partial charge in [0.2, 0.25) is 0 Å². The second-order valence-electron chi connectivity index (χ2n) is 9.04. The molecule has 3 heterocycles. The molecule has 0 spiro atoms. The van der Waals surface area contributed by atoms with E-state index in [4.69, 9.17) is 9.90 Å². The van der Waals surface area contributed by atoms with Crippen LogP contribution >= 0.6 is 0 Å². The molecule has 0 radical (unpaired) electrons. The summed E-state index contributed by atoms with van der Waals surface area (Å²) in [5.41, 5.74) is 4.70. The van der Waals surface area contributed by atoms with E-state index in [1.54, 1.807) is 12.4 Å². The summed E-state index contributed by atoms with van der Waals surface area (Å²) < 4.78 is 33.8. The molecule has 0 unspecified atom stereocenters. The fourth-order valence-electron chi connectivity index (χ4n) is 3.76. The van der Waals surface area contributed by atoms with E-state index >= 15 is 0 Å². The third kappa shape index (κ3) is 7.97. The molecule has 202 valence electrons. The second-order valence-corrected chi connectivity index (χ2v) is 9.04. The van der Waals surface area contributed by atoms with Crippen molar-refractivity contribution in [2.75, 3.05) is 6.54 Å². The summed E-state index contributed by atoms with van der Waals surface area (Å²) in [4.78, 5) is 35.0. The molecule has 2 N–H and O–H groups in total. The number of carboxylic acids is 1. The van der Waals surface area contributed by atoms with Crippen molar-refractivity contribution in [3.63, 3.8) is 0 Å². The first kappa shape index (κ1) is 27.5. The van der Waals surface area contributed by atoms with Gasteiger partial charge in [-0.25, -0.2) is 14.8 Å². The van der Waals surface area contributed by atoms with Crippen molar-refractivity contribution < 1.29 is 27.9 Å². The Bertz CT molecular complexity index is 1390. The minimum Gasteiger partial charge on any atom is -0.475 e. The summed E-state index contributed by atoms with van der Waals surface area (Å²) in [5.74, 6) is -1.45. The first-order valence-electron chi connectivity index (χ1n) is 12.3. The number of pyridine rings is 1. The lowest BCUT2D eigenvalue weighted by Crippen LogP contribution is -2.28. The minimum absolute atomic E-state index is 0.0484. The van der Waals surface area contributed by atoms with E-state index in [1.165, 1.54) is 12.8 Å². The molecule has 0 saturated heterocycles. The molecule has 0 bridgehead atoms. The number of hydrogen-bond donors (Lipinski definition) is 2. The molecule has 1 saturated carbocycles. The van der Waals surface area contributed by atoms with Gasteiger partial charge >= 0.3 is 12.1 Å². The smallest absolute Gasteiger partial charge is 0.475 e. The summed E-state index contributed by atoms with van der Waals surface area (Å²) in [6.45, 7) is 1.46. The Morgan fingerprint density at radius 2 is 1.62 bits per heavy atom. The molecular formula is C28H26F3N5O3. The van der Waals surface area contributed by atoms with Crippen LogP contribution in [-0.4, -0.2) is 49.2 Å². The van der Waals surface area contributed by atoms with E-state index < -0.39 is 12.1 Å². The Hall–Kier alpha value is -4.54. The lowest BCUT2D eigenvalue weighted by Gasteiger charge is -2.09. The number of carboxylic acid groups (broad SMARTS) is 1. The summed E-state index contributed by atoms with van der Waals surface area (Å²) in [5, 5.41) is 10.2. The third-order valence-electron chi connectivity index (χ3n) is 5.99. The van der Waals surface area contributed by atoms with E-state index in [9.17, 15) is 18.0 Å². The standard InChI is InChI=1S/C26H25N5O.C2HF3O2/c32-26(28-13-10-19-8-11-27-12-9-19)24-14-22(18-31(24)17-20-6-7-20)23-15-29-25(30-16-23)21-4-2-1-3-5-21;3-2(4,5)1(6)7/h1-5,8-9,11-12,14-16,18,20H,6-7,10,13,17H2,(H,28,32);(H,6,7). The molecule has 5 rings (SSSR count). The Morgan fingerprint density at radius 1 is 0.974 bits per heavy atom. The van der Waals surface area contributed by atoms with Gasteiger partial charge in [0.15, 0.2) is 5.82 Å². The average molecular weight is 538 g/mol. The Balaban J connectivity index is 0.000000448. The second kappa shape index (κ2) is 12.3. The Kier molecular flexibility index (Phi) is 8.70. The highest BCUT2D eigenvalue weighted by Gasteiger charge is 2.38. The summed E-state index contributed by atoms with van der Waals surface area (Å²) in [7, 11) is 0. The zero-order valence-corrected chi connectivity index (χ0v) is 20.8. The van der Waals surface area contributed by atoms with Crippen molar-refractivity contribution >= 4 is 11.9 Å². The molecule has 3 aromatic heterocycles. The molecular weight excluding hydrogens is 511 g/mol. The molecule has 11 heteroatoms. The van der Waals surface area contributed by atoms with Gasteiger partial charge < -0.3 is 15.0 Å². The number of nitrogens with one attached hydrogen (secondary N) is 1. The van der Waals surface area contributed by atoms with Gasteiger partial charge in [0.25, 0.3) is 5.91 Å². The largest absolute Gasteiger partial charge is 0.490 e. The number of carbonyl (C=O) groups excluding carboxylic acids is 1.